The molecule has 118 valence electrons. The van der Waals surface area contributed by atoms with Crippen LogP contribution < -0.4 is 4.74 Å². The minimum Gasteiger partial charge on any atom is -0.481 e. The Morgan fingerprint density at radius 3 is 2.36 bits per heavy atom. The maximum absolute atomic E-state index is 12.1. The van der Waals surface area contributed by atoms with Crippen molar-refractivity contribution in [1.82, 2.24) is 4.98 Å². The second-order valence-electron chi connectivity index (χ2n) is 5.03. The van der Waals surface area contributed by atoms with Crippen LogP contribution in [0.2, 0.25) is 5.02 Å². The lowest BCUT2D eigenvalue weighted by molar-refractivity contribution is 0.397. The molecule has 0 N–H and O–H groups in total. The highest BCUT2D eigenvalue weighted by molar-refractivity contribution is 7.90. The van der Waals surface area contributed by atoms with Crippen LogP contribution in [0.1, 0.15) is 17.5 Å². The van der Waals surface area contributed by atoms with Crippen LogP contribution in [0.5, 0.6) is 5.88 Å². The molecule has 1 heterocycles. The second-order valence-corrected chi connectivity index (χ2v) is 7.65. The van der Waals surface area contributed by atoms with Gasteiger partial charge in [-0.15, -0.1) is 0 Å². The van der Waals surface area contributed by atoms with Crippen LogP contribution in [0.25, 0.3) is 0 Å². The van der Waals surface area contributed by atoms with Gasteiger partial charge in [-0.2, -0.15) is 0 Å². The summed E-state index contributed by atoms with van der Waals surface area (Å²) in [7, 11) is -1.62. The molecule has 0 aliphatic rings. The predicted octanol–water partition coefficient (Wildman–Crippen LogP) is 3.29. The molecule has 0 radical (unpaired) electrons. The summed E-state index contributed by atoms with van der Waals surface area (Å²) in [6.07, 6.45) is 2.85. The van der Waals surface area contributed by atoms with Crippen molar-refractivity contribution in [2.75, 3.05) is 12.9 Å². The van der Waals surface area contributed by atoms with Gasteiger partial charge in [-0.1, -0.05) is 29.8 Å². The molecule has 0 spiro atoms. The van der Waals surface area contributed by atoms with Crippen molar-refractivity contribution in [3.63, 3.8) is 0 Å². The van der Waals surface area contributed by atoms with Gasteiger partial charge in [0.25, 0.3) is 0 Å². The van der Waals surface area contributed by atoms with Crippen molar-refractivity contribution in [3.8, 4) is 5.88 Å². The smallest absolute Gasteiger partial charge is 0.212 e. The molecule has 1 aromatic heterocycles. The number of sulfone groups is 1. The Kier molecular flexibility index (Phi) is 5.80. The van der Waals surface area contributed by atoms with E-state index in [1.54, 1.807) is 12.1 Å². The molecule has 1 aromatic carbocycles. The summed E-state index contributed by atoms with van der Waals surface area (Å²) in [5, 5.41) is 0.684. The van der Waals surface area contributed by atoms with Crippen LogP contribution in [0.3, 0.4) is 0 Å². The lowest BCUT2D eigenvalue weighted by Crippen LogP contribution is -2.10. The van der Waals surface area contributed by atoms with Gasteiger partial charge in [-0.3, -0.25) is 0 Å². The average Bonchev–Trinajstić information content (AvgIpc) is 2.49. The lowest BCUT2D eigenvalue weighted by Gasteiger charge is -2.06. The fraction of sp³-hybridized carbons (Fsp3) is 0.312. The van der Waals surface area contributed by atoms with E-state index in [2.05, 4.69) is 4.98 Å². The van der Waals surface area contributed by atoms with Crippen molar-refractivity contribution in [2.24, 2.45) is 0 Å². The Labute approximate surface area is 136 Å². The predicted molar refractivity (Wildman–Crippen MR) is 88.1 cm³/mol. The third-order valence-corrected chi connectivity index (χ3v) is 5.16. The number of hydrogen-bond donors (Lipinski definition) is 0. The summed E-state index contributed by atoms with van der Waals surface area (Å²) in [5.41, 5.74) is 1.76. The van der Waals surface area contributed by atoms with Gasteiger partial charge in [0, 0.05) is 17.3 Å². The molecule has 0 aliphatic heterocycles. The summed E-state index contributed by atoms with van der Waals surface area (Å²) in [6.45, 7) is 0. The Bertz CT molecular complexity index is 697. The highest BCUT2D eigenvalue weighted by Crippen LogP contribution is 2.14. The molecular formula is C16H18ClNO3S. The summed E-state index contributed by atoms with van der Waals surface area (Å²) in [5.74, 6) is 0.635. The van der Waals surface area contributed by atoms with Gasteiger partial charge in [-0.25, -0.2) is 13.4 Å². The number of benzene rings is 1. The minimum atomic E-state index is -3.14. The average molecular weight is 340 g/mol. The number of halogens is 1. The maximum Gasteiger partial charge on any atom is 0.212 e. The number of pyridine rings is 1. The highest BCUT2D eigenvalue weighted by Gasteiger charge is 2.12. The van der Waals surface area contributed by atoms with Crippen molar-refractivity contribution in [3.05, 3.63) is 58.7 Å². The molecule has 6 heteroatoms. The molecule has 0 aliphatic carbocycles. The van der Waals surface area contributed by atoms with Crippen LogP contribution in [0.15, 0.2) is 42.6 Å². The molecule has 2 rings (SSSR count). The molecule has 4 nitrogen and oxygen atoms in total. The van der Waals surface area contributed by atoms with E-state index in [9.17, 15) is 8.42 Å². The van der Waals surface area contributed by atoms with E-state index in [1.165, 1.54) is 13.3 Å². The number of methoxy groups -OCH3 is 1. The number of ether oxygens (including phenoxy) is 1. The standard InChI is InChI=1S/C16H18ClNO3S/c1-21-16-9-6-14(11-18-16)12-22(19,20)10-2-3-13-4-7-15(17)8-5-13/h4-9,11H,2-3,10,12H2,1H3. The first kappa shape index (κ1) is 16.8. The van der Waals surface area contributed by atoms with Crippen molar-refractivity contribution < 1.29 is 13.2 Å². The molecule has 0 unspecified atom stereocenters. The zero-order valence-electron chi connectivity index (χ0n) is 12.3. The van der Waals surface area contributed by atoms with Gasteiger partial charge in [0.05, 0.1) is 18.6 Å². The van der Waals surface area contributed by atoms with Crippen LogP contribution >= 0.6 is 11.6 Å². The zero-order chi connectivity index (χ0) is 16.0. The Balaban J connectivity index is 1.86. The summed E-state index contributed by atoms with van der Waals surface area (Å²) < 4.78 is 29.2. The largest absolute Gasteiger partial charge is 0.481 e. The number of rotatable bonds is 7. The quantitative estimate of drug-likeness (QED) is 0.776. The molecular weight excluding hydrogens is 322 g/mol. The summed E-state index contributed by atoms with van der Waals surface area (Å²) in [4.78, 5) is 4.02. The van der Waals surface area contributed by atoms with Crippen LogP contribution in [-0.4, -0.2) is 26.3 Å². The van der Waals surface area contributed by atoms with Crippen LogP contribution in [0, 0.1) is 0 Å². The molecule has 22 heavy (non-hydrogen) atoms. The van der Waals surface area contributed by atoms with Crippen LogP contribution in [-0.2, 0) is 22.0 Å². The molecule has 0 atom stereocenters. The van der Waals surface area contributed by atoms with Gasteiger partial charge >= 0.3 is 0 Å². The molecule has 0 bridgehead atoms. The van der Waals surface area contributed by atoms with E-state index < -0.39 is 9.84 Å². The highest BCUT2D eigenvalue weighted by atomic mass is 35.5. The Hall–Kier alpha value is -1.59. The summed E-state index contributed by atoms with van der Waals surface area (Å²) >= 11 is 5.82. The normalized spacial score (nSPS) is 11.4. The van der Waals surface area contributed by atoms with Gasteiger partial charge in [0.1, 0.15) is 0 Å². The summed E-state index contributed by atoms with van der Waals surface area (Å²) in [6, 6.07) is 10.9. The first-order valence-corrected chi connectivity index (χ1v) is 9.12. The van der Waals surface area contributed by atoms with E-state index in [0.717, 1.165) is 12.0 Å². The van der Waals surface area contributed by atoms with E-state index in [0.29, 0.717) is 22.9 Å². The molecule has 0 amide bonds. The third kappa shape index (κ3) is 5.31. The second kappa shape index (κ2) is 7.61. The van der Waals surface area contributed by atoms with Gasteiger partial charge in [0.15, 0.2) is 9.84 Å². The topological polar surface area (TPSA) is 56.3 Å². The van der Waals surface area contributed by atoms with E-state index in [-0.39, 0.29) is 11.5 Å². The van der Waals surface area contributed by atoms with Gasteiger partial charge in [-0.05, 0) is 36.1 Å². The number of hydrogen-bond acceptors (Lipinski definition) is 4. The minimum absolute atomic E-state index is 0.00458. The molecule has 0 fully saturated rings. The molecule has 0 saturated heterocycles. The van der Waals surface area contributed by atoms with E-state index in [4.69, 9.17) is 16.3 Å². The SMILES string of the molecule is COc1ccc(CS(=O)(=O)CCCc2ccc(Cl)cc2)cn1. The first-order chi connectivity index (χ1) is 10.5. The fourth-order valence-electron chi connectivity index (χ4n) is 2.09. The van der Waals surface area contributed by atoms with Crippen molar-refractivity contribution in [1.29, 1.82) is 0 Å². The maximum atomic E-state index is 12.1. The molecule has 0 saturated carbocycles. The van der Waals surface area contributed by atoms with E-state index >= 15 is 0 Å². The Morgan fingerprint density at radius 1 is 1.09 bits per heavy atom. The Morgan fingerprint density at radius 2 is 1.77 bits per heavy atom. The van der Waals surface area contributed by atoms with E-state index in [1.807, 2.05) is 24.3 Å². The van der Waals surface area contributed by atoms with Crippen LogP contribution in [0.4, 0.5) is 0 Å². The fourth-order valence-corrected chi connectivity index (χ4v) is 3.62. The number of nitrogens with zero attached hydrogens (tertiary/aromatic N) is 1. The van der Waals surface area contributed by atoms with Crippen molar-refractivity contribution in [2.45, 2.75) is 18.6 Å². The van der Waals surface area contributed by atoms with Gasteiger partial charge in [0.2, 0.25) is 5.88 Å². The number of aromatic nitrogens is 1. The monoisotopic (exact) mass is 339 g/mol. The lowest BCUT2D eigenvalue weighted by atomic mass is 10.1. The number of aryl methyl sites for hydroxylation is 1. The van der Waals surface area contributed by atoms with Gasteiger partial charge < -0.3 is 4.74 Å². The zero-order valence-corrected chi connectivity index (χ0v) is 13.9. The third-order valence-electron chi connectivity index (χ3n) is 3.23. The first-order valence-electron chi connectivity index (χ1n) is 6.92. The molecule has 2 aromatic rings. The van der Waals surface area contributed by atoms with Crippen molar-refractivity contribution >= 4 is 21.4 Å².